The second-order valence-corrected chi connectivity index (χ2v) is 3.78. The summed E-state index contributed by atoms with van der Waals surface area (Å²) < 4.78 is 0. The van der Waals surface area contributed by atoms with Crippen molar-refractivity contribution >= 4 is 16.9 Å². The predicted molar refractivity (Wildman–Crippen MR) is 61.0 cm³/mol. The number of benzene rings is 1. The Morgan fingerprint density at radius 3 is 2.62 bits per heavy atom. The van der Waals surface area contributed by atoms with Gasteiger partial charge in [-0.2, -0.15) is 0 Å². The lowest BCUT2D eigenvalue weighted by Gasteiger charge is -2.07. The van der Waals surface area contributed by atoms with Crippen LogP contribution in [0.4, 0.5) is 0 Å². The zero-order valence-corrected chi connectivity index (χ0v) is 9.00. The van der Waals surface area contributed by atoms with Crippen molar-refractivity contribution in [2.45, 2.75) is 13.8 Å². The normalized spacial score (nSPS) is 10.6. The molecular weight excluding hydrogens is 206 g/mol. The van der Waals surface area contributed by atoms with Crippen LogP contribution in [0.1, 0.15) is 21.5 Å². The summed E-state index contributed by atoms with van der Waals surface area (Å²) in [7, 11) is 0. The molecular formula is C12H11NO3. The van der Waals surface area contributed by atoms with Gasteiger partial charge in [0.2, 0.25) is 5.56 Å². The van der Waals surface area contributed by atoms with Gasteiger partial charge in [-0.3, -0.25) is 4.79 Å². The van der Waals surface area contributed by atoms with E-state index < -0.39 is 11.5 Å². The number of hydrogen-bond acceptors (Lipinski definition) is 2. The molecule has 0 saturated carbocycles. The molecule has 1 aromatic heterocycles. The minimum absolute atomic E-state index is 0.0434. The van der Waals surface area contributed by atoms with Crippen molar-refractivity contribution in [3.63, 3.8) is 0 Å². The molecule has 1 heterocycles. The molecule has 4 heteroatoms. The predicted octanol–water partition coefficient (Wildman–Crippen LogP) is 1.84. The molecule has 0 spiro atoms. The Morgan fingerprint density at radius 1 is 1.31 bits per heavy atom. The number of carboxylic acid groups (broad SMARTS) is 1. The van der Waals surface area contributed by atoms with E-state index in [-0.39, 0.29) is 5.56 Å². The summed E-state index contributed by atoms with van der Waals surface area (Å²) in [6, 6.07) is 4.68. The van der Waals surface area contributed by atoms with Gasteiger partial charge in [0, 0.05) is 11.5 Å². The van der Waals surface area contributed by atoms with Crippen molar-refractivity contribution < 1.29 is 9.90 Å². The lowest BCUT2D eigenvalue weighted by atomic mass is 10.0. The zero-order valence-electron chi connectivity index (χ0n) is 9.00. The Bertz CT molecular complexity index is 640. The number of nitrogens with one attached hydrogen (secondary N) is 1. The fraction of sp³-hybridized carbons (Fsp3) is 0.167. The van der Waals surface area contributed by atoms with Gasteiger partial charge in [0.05, 0.1) is 11.1 Å². The molecule has 4 nitrogen and oxygen atoms in total. The first-order chi connectivity index (χ1) is 7.50. The third kappa shape index (κ3) is 1.48. The molecule has 0 fully saturated rings. The van der Waals surface area contributed by atoms with Crippen molar-refractivity contribution in [1.29, 1.82) is 0 Å². The summed E-state index contributed by atoms with van der Waals surface area (Å²) >= 11 is 0. The summed E-state index contributed by atoms with van der Waals surface area (Å²) in [4.78, 5) is 25.0. The number of carboxylic acids is 1. The minimum Gasteiger partial charge on any atom is -0.478 e. The van der Waals surface area contributed by atoms with Gasteiger partial charge in [-0.25, -0.2) is 4.79 Å². The van der Waals surface area contributed by atoms with Gasteiger partial charge in [-0.1, -0.05) is 12.1 Å². The van der Waals surface area contributed by atoms with Crippen LogP contribution in [0.2, 0.25) is 0 Å². The Kier molecular flexibility index (Phi) is 2.27. The maximum absolute atomic E-state index is 11.4. The molecule has 0 saturated heterocycles. The fourth-order valence-electron chi connectivity index (χ4n) is 1.75. The van der Waals surface area contributed by atoms with Crippen LogP contribution in [0.3, 0.4) is 0 Å². The molecule has 0 radical (unpaired) electrons. The highest BCUT2D eigenvalue weighted by molar-refractivity contribution is 6.03. The van der Waals surface area contributed by atoms with Crippen LogP contribution >= 0.6 is 0 Å². The van der Waals surface area contributed by atoms with Gasteiger partial charge < -0.3 is 10.1 Å². The van der Waals surface area contributed by atoms with E-state index in [9.17, 15) is 9.59 Å². The largest absolute Gasteiger partial charge is 0.478 e. The minimum atomic E-state index is -1.08. The SMILES string of the molecule is Cc1ccc2c(C(=O)O)cc(=O)[nH]c2c1C. The summed E-state index contributed by atoms with van der Waals surface area (Å²) in [5, 5.41) is 9.58. The number of aryl methyl sites for hydroxylation is 2. The number of H-pyrrole nitrogens is 1. The first-order valence-corrected chi connectivity index (χ1v) is 4.87. The van der Waals surface area contributed by atoms with E-state index in [1.54, 1.807) is 6.07 Å². The third-order valence-corrected chi connectivity index (χ3v) is 2.78. The molecule has 82 valence electrons. The van der Waals surface area contributed by atoms with Gasteiger partial charge in [0.15, 0.2) is 0 Å². The van der Waals surface area contributed by atoms with E-state index in [0.717, 1.165) is 17.2 Å². The quantitative estimate of drug-likeness (QED) is 0.765. The third-order valence-electron chi connectivity index (χ3n) is 2.78. The summed E-state index contributed by atoms with van der Waals surface area (Å²) in [5.41, 5.74) is 2.17. The number of pyridine rings is 1. The highest BCUT2D eigenvalue weighted by atomic mass is 16.4. The van der Waals surface area contributed by atoms with E-state index in [2.05, 4.69) is 4.98 Å². The van der Waals surface area contributed by atoms with Crippen LogP contribution in [0.25, 0.3) is 10.9 Å². The van der Waals surface area contributed by atoms with E-state index >= 15 is 0 Å². The Labute approximate surface area is 91.5 Å². The molecule has 0 unspecified atom stereocenters. The smallest absolute Gasteiger partial charge is 0.336 e. The number of aromatic carboxylic acids is 1. The second-order valence-electron chi connectivity index (χ2n) is 3.78. The molecule has 2 N–H and O–H groups in total. The standard InChI is InChI=1S/C12H11NO3/c1-6-3-4-8-9(12(15)16)5-10(14)13-11(8)7(6)2/h3-5H,1-2H3,(H,13,14)(H,15,16). The molecule has 0 bridgehead atoms. The Morgan fingerprint density at radius 2 is 2.00 bits per heavy atom. The van der Waals surface area contributed by atoms with Crippen molar-refractivity contribution in [2.24, 2.45) is 0 Å². The lowest BCUT2D eigenvalue weighted by Crippen LogP contribution is -2.11. The van der Waals surface area contributed by atoms with E-state index in [4.69, 9.17) is 5.11 Å². The number of fused-ring (bicyclic) bond motifs is 1. The molecule has 2 rings (SSSR count). The van der Waals surface area contributed by atoms with Crippen molar-refractivity contribution in [3.05, 3.63) is 45.2 Å². The maximum atomic E-state index is 11.4. The van der Waals surface area contributed by atoms with Crippen LogP contribution in [0.5, 0.6) is 0 Å². The molecule has 0 atom stereocenters. The van der Waals surface area contributed by atoms with Crippen LogP contribution in [-0.2, 0) is 0 Å². The number of rotatable bonds is 1. The average molecular weight is 217 g/mol. The van der Waals surface area contributed by atoms with Gasteiger partial charge in [-0.05, 0) is 25.0 Å². The van der Waals surface area contributed by atoms with Gasteiger partial charge >= 0.3 is 5.97 Å². The number of aromatic nitrogens is 1. The highest BCUT2D eigenvalue weighted by Gasteiger charge is 2.11. The first kappa shape index (κ1) is 10.4. The number of aromatic amines is 1. The Balaban J connectivity index is 3.00. The first-order valence-electron chi connectivity index (χ1n) is 4.87. The van der Waals surface area contributed by atoms with Crippen LogP contribution in [0.15, 0.2) is 23.0 Å². The highest BCUT2D eigenvalue weighted by Crippen LogP contribution is 2.21. The van der Waals surface area contributed by atoms with Crippen molar-refractivity contribution in [3.8, 4) is 0 Å². The molecule has 0 aliphatic carbocycles. The van der Waals surface area contributed by atoms with Crippen LogP contribution in [0, 0.1) is 13.8 Å². The molecule has 16 heavy (non-hydrogen) atoms. The van der Waals surface area contributed by atoms with Crippen LogP contribution in [-0.4, -0.2) is 16.1 Å². The molecule has 0 aliphatic rings. The number of hydrogen-bond donors (Lipinski definition) is 2. The topological polar surface area (TPSA) is 70.2 Å². The maximum Gasteiger partial charge on any atom is 0.336 e. The Hall–Kier alpha value is -2.10. The van der Waals surface area contributed by atoms with Crippen molar-refractivity contribution in [2.75, 3.05) is 0 Å². The van der Waals surface area contributed by atoms with Crippen LogP contribution < -0.4 is 5.56 Å². The summed E-state index contributed by atoms with van der Waals surface area (Å²) in [5.74, 6) is -1.08. The van der Waals surface area contributed by atoms with Gasteiger partial charge in [0.25, 0.3) is 0 Å². The summed E-state index contributed by atoms with van der Waals surface area (Å²) in [6.45, 7) is 3.78. The lowest BCUT2D eigenvalue weighted by molar-refractivity contribution is 0.0699. The van der Waals surface area contributed by atoms with Crippen molar-refractivity contribution in [1.82, 2.24) is 4.98 Å². The average Bonchev–Trinajstić information content (AvgIpc) is 2.23. The van der Waals surface area contributed by atoms with E-state index in [1.807, 2.05) is 19.9 Å². The number of carbonyl (C=O) groups is 1. The molecule has 0 aliphatic heterocycles. The molecule has 0 amide bonds. The molecule has 2 aromatic rings. The zero-order chi connectivity index (χ0) is 11.9. The van der Waals surface area contributed by atoms with Gasteiger partial charge in [0.1, 0.15) is 0 Å². The van der Waals surface area contributed by atoms with Gasteiger partial charge in [-0.15, -0.1) is 0 Å². The van der Waals surface area contributed by atoms with E-state index in [1.165, 1.54) is 0 Å². The van der Waals surface area contributed by atoms with E-state index in [0.29, 0.717) is 10.9 Å². The molecule has 1 aromatic carbocycles. The fourth-order valence-corrected chi connectivity index (χ4v) is 1.75. The second kappa shape index (κ2) is 3.48. The summed E-state index contributed by atoms with van der Waals surface area (Å²) in [6.07, 6.45) is 0. The monoisotopic (exact) mass is 217 g/mol.